The second-order valence-electron chi connectivity index (χ2n) is 2.96. The van der Waals surface area contributed by atoms with Crippen LogP contribution in [0.25, 0.3) is 0 Å². The van der Waals surface area contributed by atoms with E-state index in [1.54, 1.807) is 0 Å². The van der Waals surface area contributed by atoms with Crippen molar-refractivity contribution in [3.05, 3.63) is 41.4 Å². The molecule has 0 bridgehead atoms. The first-order valence-corrected chi connectivity index (χ1v) is 4.73. The molecule has 0 amide bonds. The van der Waals surface area contributed by atoms with E-state index in [-0.39, 0.29) is 16.7 Å². The fourth-order valence-electron chi connectivity index (χ4n) is 1.07. The third-order valence-electron chi connectivity index (χ3n) is 1.78. The number of nitrogens with zero attached hydrogens (tertiary/aromatic N) is 2. The van der Waals surface area contributed by atoms with Crippen molar-refractivity contribution < 1.29 is 9.13 Å². The zero-order valence-electron chi connectivity index (χ0n) is 8.02. The van der Waals surface area contributed by atoms with E-state index in [2.05, 4.69) is 9.97 Å². The summed E-state index contributed by atoms with van der Waals surface area (Å²) in [4.78, 5) is 7.52. The highest BCUT2D eigenvalue weighted by Gasteiger charge is 2.04. The summed E-state index contributed by atoms with van der Waals surface area (Å²) in [5.41, 5.74) is 5.44. The third kappa shape index (κ3) is 2.38. The van der Waals surface area contributed by atoms with Crippen molar-refractivity contribution in [3.63, 3.8) is 0 Å². The van der Waals surface area contributed by atoms with Crippen LogP contribution in [0, 0.1) is 5.82 Å². The zero-order chi connectivity index (χ0) is 11.5. The lowest BCUT2D eigenvalue weighted by Gasteiger charge is -2.04. The Labute approximate surface area is 95.9 Å². The van der Waals surface area contributed by atoms with Crippen molar-refractivity contribution >= 4 is 17.4 Å². The van der Waals surface area contributed by atoms with E-state index in [1.165, 1.54) is 30.6 Å². The maximum atomic E-state index is 13.1. The van der Waals surface area contributed by atoms with Crippen LogP contribution in [-0.4, -0.2) is 9.97 Å². The van der Waals surface area contributed by atoms with E-state index in [4.69, 9.17) is 22.1 Å². The standard InChI is InChI=1S/C10H7ClFN3O/c11-7-2-1-6(3-8(7)12)16-10-4-9(13)14-5-15-10/h1-5H,(H2,13,14,15). The fourth-order valence-corrected chi connectivity index (χ4v) is 1.19. The average Bonchev–Trinajstić information content (AvgIpc) is 2.24. The normalized spacial score (nSPS) is 10.1. The molecule has 0 aliphatic rings. The van der Waals surface area contributed by atoms with Crippen LogP contribution < -0.4 is 10.5 Å². The number of hydrogen-bond donors (Lipinski definition) is 1. The molecule has 2 aromatic rings. The maximum Gasteiger partial charge on any atom is 0.224 e. The summed E-state index contributed by atoms with van der Waals surface area (Å²) in [6.45, 7) is 0. The molecular weight excluding hydrogens is 233 g/mol. The number of ether oxygens (including phenoxy) is 1. The van der Waals surface area contributed by atoms with Crippen molar-refractivity contribution in [2.45, 2.75) is 0 Å². The van der Waals surface area contributed by atoms with E-state index in [0.717, 1.165) is 0 Å². The quantitative estimate of drug-likeness (QED) is 0.875. The number of anilines is 1. The van der Waals surface area contributed by atoms with Gasteiger partial charge in [0.05, 0.1) is 5.02 Å². The predicted molar refractivity (Wildman–Crippen MR) is 57.9 cm³/mol. The molecule has 0 saturated heterocycles. The Bertz CT molecular complexity index is 521. The number of nitrogen functional groups attached to an aromatic ring is 1. The van der Waals surface area contributed by atoms with Gasteiger partial charge in [-0.3, -0.25) is 0 Å². The minimum absolute atomic E-state index is 0.0366. The van der Waals surface area contributed by atoms with Crippen LogP contribution >= 0.6 is 11.6 Å². The van der Waals surface area contributed by atoms with Gasteiger partial charge in [-0.1, -0.05) is 11.6 Å². The van der Waals surface area contributed by atoms with Crippen molar-refractivity contribution in [2.24, 2.45) is 0 Å². The first kappa shape index (κ1) is 10.6. The van der Waals surface area contributed by atoms with Gasteiger partial charge in [0.15, 0.2) is 0 Å². The summed E-state index contributed by atoms with van der Waals surface area (Å²) in [7, 11) is 0. The molecule has 1 heterocycles. The molecule has 0 saturated carbocycles. The van der Waals surface area contributed by atoms with Gasteiger partial charge in [-0.25, -0.2) is 14.4 Å². The van der Waals surface area contributed by atoms with Crippen LogP contribution in [0.1, 0.15) is 0 Å². The molecule has 16 heavy (non-hydrogen) atoms. The van der Waals surface area contributed by atoms with Gasteiger partial charge < -0.3 is 10.5 Å². The van der Waals surface area contributed by atoms with Gasteiger partial charge in [0.2, 0.25) is 5.88 Å². The molecular formula is C10H7ClFN3O. The molecule has 0 aliphatic heterocycles. The van der Waals surface area contributed by atoms with Gasteiger partial charge in [-0.05, 0) is 12.1 Å². The first-order chi connectivity index (χ1) is 7.65. The number of benzene rings is 1. The van der Waals surface area contributed by atoms with Crippen LogP contribution in [-0.2, 0) is 0 Å². The Hall–Kier alpha value is -1.88. The number of nitrogens with two attached hydrogens (primary N) is 1. The molecule has 0 atom stereocenters. The van der Waals surface area contributed by atoms with Gasteiger partial charge in [0, 0.05) is 12.1 Å². The molecule has 0 unspecified atom stereocenters. The molecule has 0 fully saturated rings. The van der Waals surface area contributed by atoms with Crippen molar-refractivity contribution in [1.29, 1.82) is 0 Å². The SMILES string of the molecule is Nc1cc(Oc2ccc(Cl)c(F)c2)ncn1. The highest BCUT2D eigenvalue weighted by Crippen LogP contribution is 2.24. The third-order valence-corrected chi connectivity index (χ3v) is 2.08. The number of hydrogen-bond acceptors (Lipinski definition) is 4. The Balaban J connectivity index is 2.24. The second-order valence-corrected chi connectivity index (χ2v) is 3.37. The number of rotatable bonds is 2. The fraction of sp³-hybridized carbons (Fsp3) is 0. The summed E-state index contributed by atoms with van der Waals surface area (Å²) < 4.78 is 18.4. The zero-order valence-corrected chi connectivity index (χ0v) is 8.78. The molecule has 1 aromatic carbocycles. The molecule has 0 spiro atoms. The summed E-state index contributed by atoms with van der Waals surface area (Å²) in [6.07, 6.45) is 1.26. The molecule has 1 aromatic heterocycles. The minimum atomic E-state index is -0.554. The lowest BCUT2D eigenvalue weighted by atomic mass is 10.3. The Kier molecular flexibility index (Phi) is 2.87. The first-order valence-electron chi connectivity index (χ1n) is 4.35. The molecule has 4 nitrogen and oxygen atoms in total. The highest BCUT2D eigenvalue weighted by molar-refractivity contribution is 6.30. The van der Waals surface area contributed by atoms with Gasteiger partial charge in [0.1, 0.15) is 23.7 Å². The molecule has 0 radical (unpaired) electrons. The van der Waals surface area contributed by atoms with Crippen molar-refractivity contribution in [2.75, 3.05) is 5.73 Å². The van der Waals surface area contributed by atoms with E-state index >= 15 is 0 Å². The van der Waals surface area contributed by atoms with E-state index in [1.807, 2.05) is 0 Å². The Morgan fingerprint density at radius 3 is 2.75 bits per heavy atom. The number of aromatic nitrogens is 2. The second kappa shape index (κ2) is 4.32. The maximum absolute atomic E-state index is 13.1. The lowest BCUT2D eigenvalue weighted by molar-refractivity contribution is 0.457. The lowest BCUT2D eigenvalue weighted by Crippen LogP contribution is -1.94. The van der Waals surface area contributed by atoms with Crippen LogP contribution in [0.15, 0.2) is 30.6 Å². The average molecular weight is 240 g/mol. The minimum Gasteiger partial charge on any atom is -0.439 e. The highest BCUT2D eigenvalue weighted by atomic mass is 35.5. The molecule has 2 N–H and O–H groups in total. The summed E-state index contributed by atoms with van der Waals surface area (Å²) >= 11 is 5.53. The summed E-state index contributed by atoms with van der Waals surface area (Å²) in [5.74, 6) is 0.259. The van der Waals surface area contributed by atoms with Crippen LogP contribution in [0.5, 0.6) is 11.6 Å². The predicted octanol–water partition coefficient (Wildman–Crippen LogP) is 2.64. The molecule has 2 rings (SSSR count). The summed E-state index contributed by atoms with van der Waals surface area (Å²) in [6, 6.07) is 5.54. The van der Waals surface area contributed by atoms with Gasteiger partial charge in [-0.2, -0.15) is 0 Å². The van der Waals surface area contributed by atoms with E-state index in [9.17, 15) is 4.39 Å². The molecule has 6 heteroatoms. The largest absolute Gasteiger partial charge is 0.439 e. The van der Waals surface area contributed by atoms with Gasteiger partial charge in [-0.15, -0.1) is 0 Å². The van der Waals surface area contributed by atoms with Crippen LogP contribution in [0.2, 0.25) is 5.02 Å². The summed E-state index contributed by atoms with van der Waals surface area (Å²) in [5, 5.41) is 0.0366. The van der Waals surface area contributed by atoms with Crippen LogP contribution in [0.4, 0.5) is 10.2 Å². The smallest absolute Gasteiger partial charge is 0.224 e. The van der Waals surface area contributed by atoms with Gasteiger partial charge in [0.25, 0.3) is 0 Å². The van der Waals surface area contributed by atoms with E-state index < -0.39 is 5.82 Å². The topological polar surface area (TPSA) is 61.0 Å². The molecule has 82 valence electrons. The van der Waals surface area contributed by atoms with E-state index in [0.29, 0.717) is 5.75 Å². The molecule has 0 aliphatic carbocycles. The Morgan fingerprint density at radius 1 is 1.25 bits per heavy atom. The number of halogens is 2. The van der Waals surface area contributed by atoms with Crippen molar-refractivity contribution in [3.8, 4) is 11.6 Å². The monoisotopic (exact) mass is 239 g/mol. The Morgan fingerprint density at radius 2 is 2.06 bits per heavy atom. The van der Waals surface area contributed by atoms with Crippen molar-refractivity contribution in [1.82, 2.24) is 9.97 Å². The van der Waals surface area contributed by atoms with Crippen LogP contribution in [0.3, 0.4) is 0 Å². The van der Waals surface area contributed by atoms with Gasteiger partial charge >= 0.3 is 0 Å².